The van der Waals surface area contributed by atoms with Gasteiger partial charge in [0.2, 0.25) is 0 Å². The number of rotatable bonds is 8. The van der Waals surface area contributed by atoms with E-state index in [0.717, 1.165) is 25.3 Å². The fourth-order valence-electron chi connectivity index (χ4n) is 1.65. The highest BCUT2D eigenvalue weighted by molar-refractivity contribution is 5.29. The highest BCUT2D eigenvalue weighted by atomic mass is 16.4. The van der Waals surface area contributed by atoms with Gasteiger partial charge in [-0.3, -0.25) is 0 Å². The second-order valence-electron chi connectivity index (χ2n) is 5.18. The van der Waals surface area contributed by atoms with Crippen molar-refractivity contribution in [2.24, 2.45) is 5.92 Å². The van der Waals surface area contributed by atoms with E-state index in [1.165, 1.54) is 0 Å². The van der Waals surface area contributed by atoms with Crippen LogP contribution in [0.3, 0.4) is 0 Å². The monoisotopic (exact) mass is 251 g/mol. The predicted molar refractivity (Wildman–Crippen MR) is 75.7 cm³/mol. The molecule has 0 radical (unpaired) electrons. The van der Waals surface area contributed by atoms with Crippen LogP contribution in [0, 0.1) is 5.92 Å². The van der Waals surface area contributed by atoms with Crippen LogP contribution in [-0.4, -0.2) is 24.1 Å². The van der Waals surface area contributed by atoms with E-state index < -0.39 is 0 Å². The van der Waals surface area contributed by atoms with Gasteiger partial charge < -0.3 is 14.6 Å². The average molecular weight is 251 g/mol. The first kappa shape index (κ1) is 14.8. The van der Waals surface area contributed by atoms with Crippen LogP contribution in [0.1, 0.15) is 33.4 Å². The summed E-state index contributed by atoms with van der Waals surface area (Å²) in [4.78, 5) is 6.58. The third kappa shape index (κ3) is 4.53. The Morgan fingerprint density at radius 2 is 2.17 bits per heavy atom. The lowest BCUT2D eigenvalue weighted by atomic mass is 10.2. The second kappa shape index (κ2) is 7.21. The number of nitrogens with zero attached hydrogens (tertiary/aromatic N) is 2. The Balaban J connectivity index is 2.57. The molecule has 1 N–H and O–H groups in total. The summed E-state index contributed by atoms with van der Waals surface area (Å²) in [5, 5.41) is 3.35. The maximum atomic E-state index is 5.53. The summed E-state index contributed by atoms with van der Waals surface area (Å²) in [7, 11) is 0. The first-order valence-electron chi connectivity index (χ1n) is 6.57. The van der Waals surface area contributed by atoms with Gasteiger partial charge in [-0.25, -0.2) is 0 Å². The molecule has 0 saturated heterocycles. The van der Waals surface area contributed by atoms with Crippen molar-refractivity contribution >= 4 is 6.01 Å². The van der Waals surface area contributed by atoms with Crippen LogP contribution in [-0.2, 0) is 6.54 Å². The molecule has 0 amide bonds. The Morgan fingerprint density at radius 1 is 1.44 bits per heavy atom. The quantitative estimate of drug-likeness (QED) is 0.721. The molecule has 0 atom stereocenters. The van der Waals surface area contributed by atoms with Crippen molar-refractivity contribution in [3.8, 4) is 0 Å². The summed E-state index contributed by atoms with van der Waals surface area (Å²) in [6.07, 6.45) is 3.59. The minimum atomic E-state index is 0.345. The highest BCUT2D eigenvalue weighted by Crippen LogP contribution is 2.16. The van der Waals surface area contributed by atoms with Crippen LogP contribution >= 0.6 is 0 Å². The van der Waals surface area contributed by atoms with E-state index in [-0.39, 0.29) is 0 Å². The molecule has 0 unspecified atom stereocenters. The van der Waals surface area contributed by atoms with Gasteiger partial charge in [0, 0.05) is 19.1 Å². The number of aromatic nitrogens is 1. The molecule has 0 bridgehead atoms. The van der Waals surface area contributed by atoms with Gasteiger partial charge in [0.05, 0.1) is 5.69 Å². The maximum Gasteiger partial charge on any atom is 0.297 e. The lowest BCUT2D eigenvalue weighted by Crippen LogP contribution is -2.31. The van der Waals surface area contributed by atoms with E-state index in [9.17, 15) is 0 Å². The Morgan fingerprint density at radius 3 is 2.72 bits per heavy atom. The lowest BCUT2D eigenvalue weighted by Gasteiger charge is -2.22. The third-order valence-corrected chi connectivity index (χ3v) is 2.59. The minimum Gasteiger partial charge on any atom is -0.432 e. The number of anilines is 1. The summed E-state index contributed by atoms with van der Waals surface area (Å²) >= 11 is 0. The second-order valence-corrected chi connectivity index (χ2v) is 5.18. The molecular formula is C14H25N3O. The number of nitrogens with one attached hydrogen (secondary N) is 1. The predicted octanol–water partition coefficient (Wildman–Crippen LogP) is 2.82. The molecule has 1 heterocycles. The normalized spacial score (nSPS) is 11.2. The van der Waals surface area contributed by atoms with Gasteiger partial charge in [-0.2, -0.15) is 4.98 Å². The summed E-state index contributed by atoms with van der Waals surface area (Å²) in [6.45, 7) is 14.9. The molecule has 18 heavy (non-hydrogen) atoms. The van der Waals surface area contributed by atoms with Crippen molar-refractivity contribution in [1.82, 2.24) is 10.3 Å². The topological polar surface area (TPSA) is 41.3 Å². The van der Waals surface area contributed by atoms with Gasteiger partial charge in [0.25, 0.3) is 6.01 Å². The zero-order chi connectivity index (χ0) is 13.5. The molecule has 0 fully saturated rings. The molecular weight excluding hydrogens is 226 g/mol. The van der Waals surface area contributed by atoms with Crippen LogP contribution in [0.25, 0.3) is 0 Å². The highest BCUT2D eigenvalue weighted by Gasteiger charge is 2.14. The Kier molecular flexibility index (Phi) is 5.92. The van der Waals surface area contributed by atoms with Crippen LogP contribution < -0.4 is 10.2 Å². The van der Waals surface area contributed by atoms with Crippen molar-refractivity contribution in [3.05, 3.63) is 24.6 Å². The van der Waals surface area contributed by atoms with Crippen LogP contribution in [0.4, 0.5) is 6.01 Å². The van der Waals surface area contributed by atoms with E-state index in [1.54, 1.807) is 6.26 Å². The number of hydrogen-bond donors (Lipinski definition) is 1. The molecule has 1 aromatic heterocycles. The van der Waals surface area contributed by atoms with Crippen LogP contribution in [0.15, 0.2) is 23.3 Å². The third-order valence-electron chi connectivity index (χ3n) is 2.59. The van der Waals surface area contributed by atoms with Crippen molar-refractivity contribution < 1.29 is 4.42 Å². The Labute approximate surface area is 110 Å². The van der Waals surface area contributed by atoms with Crippen LogP contribution in [0.2, 0.25) is 0 Å². The molecule has 0 spiro atoms. The zero-order valence-corrected chi connectivity index (χ0v) is 11.9. The first-order valence-corrected chi connectivity index (χ1v) is 6.57. The minimum absolute atomic E-state index is 0.345. The lowest BCUT2D eigenvalue weighted by molar-refractivity contribution is 0.518. The molecule has 0 aromatic carbocycles. The molecule has 102 valence electrons. The molecule has 1 aromatic rings. The summed E-state index contributed by atoms with van der Waals surface area (Å²) < 4.78 is 5.53. The standard InChI is InChI=1S/C14H25N3O/c1-6-7-17(12(4)5)14-16-13(10-18-14)9-15-8-11(2)3/h6,10-12,15H,1,7-9H2,2-5H3. The Bertz CT molecular complexity index is 358. The Hall–Kier alpha value is -1.29. The smallest absolute Gasteiger partial charge is 0.297 e. The molecule has 1 rings (SSSR count). The van der Waals surface area contributed by atoms with Crippen molar-refractivity contribution in [2.75, 3.05) is 18.0 Å². The summed E-state index contributed by atoms with van der Waals surface area (Å²) in [6, 6.07) is 1.02. The van der Waals surface area contributed by atoms with E-state index in [4.69, 9.17) is 4.42 Å². The van der Waals surface area contributed by atoms with Gasteiger partial charge in [-0.15, -0.1) is 6.58 Å². The fourth-order valence-corrected chi connectivity index (χ4v) is 1.65. The fraction of sp³-hybridized carbons (Fsp3) is 0.643. The molecule has 0 aliphatic rings. The SMILES string of the molecule is C=CCN(c1nc(CNCC(C)C)co1)C(C)C. The average Bonchev–Trinajstić information content (AvgIpc) is 2.73. The zero-order valence-electron chi connectivity index (χ0n) is 11.9. The van der Waals surface area contributed by atoms with Crippen molar-refractivity contribution in [3.63, 3.8) is 0 Å². The van der Waals surface area contributed by atoms with Crippen LogP contribution in [0.5, 0.6) is 0 Å². The molecule has 4 heteroatoms. The summed E-state index contributed by atoms with van der Waals surface area (Å²) in [5.74, 6) is 0.643. The number of oxazole rings is 1. The molecule has 0 saturated carbocycles. The van der Waals surface area contributed by atoms with E-state index in [2.05, 4.69) is 49.5 Å². The van der Waals surface area contributed by atoms with E-state index in [0.29, 0.717) is 18.0 Å². The van der Waals surface area contributed by atoms with Crippen molar-refractivity contribution in [2.45, 2.75) is 40.3 Å². The van der Waals surface area contributed by atoms with Gasteiger partial charge in [-0.1, -0.05) is 19.9 Å². The molecule has 0 aliphatic heterocycles. The largest absolute Gasteiger partial charge is 0.432 e. The van der Waals surface area contributed by atoms with E-state index in [1.807, 2.05) is 6.08 Å². The first-order chi connectivity index (χ1) is 8.54. The van der Waals surface area contributed by atoms with Gasteiger partial charge in [0.1, 0.15) is 6.26 Å². The van der Waals surface area contributed by atoms with Gasteiger partial charge in [-0.05, 0) is 26.3 Å². The van der Waals surface area contributed by atoms with E-state index >= 15 is 0 Å². The summed E-state index contributed by atoms with van der Waals surface area (Å²) in [5.41, 5.74) is 0.945. The van der Waals surface area contributed by atoms with Gasteiger partial charge in [0.15, 0.2) is 0 Å². The maximum absolute atomic E-state index is 5.53. The molecule has 0 aliphatic carbocycles. The van der Waals surface area contributed by atoms with Crippen molar-refractivity contribution in [1.29, 1.82) is 0 Å². The number of hydrogen-bond acceptors (Lipinski definition) is 4. The molecule has 4 nitrogen and oxygen atoms in total. The van der Waals surface area contributed by atoms with Gasteiger partial charge >= 0.3 is 0 Å².